The lowest BCUT2D eigenvalue weighted by Crippen LogP contribution is -2.39. The molecule has 0 aliphatic carbocycles. The number of hydrogen-bond acceptors (Lipinski definition) is 5. The van der Waals surface area contributed by atoms with Gasteiger partial charge in [0.15, 0.2) is 0 Å². The van der Waals surface area contributed by atoms with Crippen LogP contribution in [0.3, 0.4) is 0 Å². The number of nitrogens with zero attached hydrogens (tertiary/aromatic N) is 2. The molecule has 1 aromatic carbocycles. The molecule has 0 bridgehead atoms. The van der Waals surface area contributed by atoms with Gasteiger partial charge in [0, 0.05) is 25.0 Å². The van der Waals surface area contributed by atoms with E-state index in [0.29, 0.717) is 35.3 Å². The normalized spacial score (nSPS) is 16.0. The lowest BCUT2D eigenvalue weighted by molar-refractivity contribution is -0.137. The van der Waals surface area contributed by atoms with Crippen molar-refractivity contribution in [3.8, 4) is 5.75 Å². The van der Waals surface area contributed by atoms with Crippen molar-refractivity contribution in [2.45, 2.75) is 13.0 Å². The zero-order valence-electron chi connectivity index (χ0n) is 16.2. The first-order valence-corrected chi connectivity index (χ1v) is 9.43. The van der Waals surface area contributed by atoms with Gasteiger partial charge in [0.1, 0.15) is 11.5 Å². The van der Waals surface area contributed by atoms with Gasteiger partial charge in [0.25, 0.3) is 0 Å². The summed E-state index contributed by atoms with van der Waals surface area (Å²) in [6.45, 7) is 0.470. The SMILES string of the molecule is COc1ccc(Cl)cc1NC(=O)CN(C)C(=O)C1CC(=O)N(Cc2ccco2)C1. The number of furan rings is 1. The van der Waals surface area contributed by atoms with Crippen LogP contribution in [0.25, 0.3) is 0 Å². The zero-order chi connectivity index (χ0) is 21.0. The Bertz CT molecular complexity index is 900. The molecule has 1 unspecified atom stereocenters. The van der Waals surface area contributed by atoms with E-state index in [1.807, 2.05) is 0 Å². The van der Waals surface area contributed by atoms with Gasteiger partial charge in [-0.15, -0.1) is 0 Å². The molecule has 1 atom stereocenters. The fourth-order valence-electron chi connectivity index (χ4n) is 3.25. The second-order valence-electron chi connectivity index (χ2n) is 6.84. The molecular formula is C20H22ClN3O5. The number of anilines is 1. The van der Waals surface area contributed by atoms with E-state index in [4.69, 9.17) is 20.8 Å². The van der Waals surface area contributed by atoms with Crippen LogP contribution in [-0.2, 0) is 20.9 Å². The van der Waals surface area contributed by atoms with E-state index >= 15 is 0 Å². The molecule has 2 heterocycles. The van der Waals surface area contributed by atoms with Gasteiger partial charge >= 0.3 is 0 Å². The van der Waals surface area contributed by atoms with Crippen LogP contribution in [0.5, 0.6) is 5.75 Å². The number of ether oxygens (including phenoxy) is 1. The summed E-state index contributed by atoms with van der Waals surface area (Å²) < 4.78 is 10.5. The summed E-state index contributed by atoms with van der Waals surface area (Å²) in [6.07, 6.45) is 1.66. The maximum absolute atomic E-state index is 12.7. The molecule has 1 aromatic heterocycles. The number of hydrogen-bond donors (Lipinski definition) is 1. The van der Waals surface area contributed by atoms with E-state index in [-0.39, 0.29) is 24.8 Å². The van der Waals surface area contributed by atoms with Crippen molar-refractivity contribution < 1.29 is 23.5 Å². The Morgan fingerprint density at radius 1 is 1.38 bits per heavy atom. The van der Waals surface area contributed by atoms with Gasteiger partial charge in [-0.2, -0.15) is 0 Å². The monoisotopic (exact) mass is 419 g/mol. The number of rotatable bonds is 7. The zero-order valence-corrected chi connectivity index (χ0v) is 16.9. The maximum atomic E-state index is 12.7. The molecule has 1 fully saturated rings. The first-order valence-electron chi connectivity index (χ1n) is 9.06. The molecule has 3 rings (SSSR count). The number of likely N-dealkylation sites (tertiary alicyclic amines) is 1. The highest BCUT2D eigenvalue weighted by molar-refractivity contribution is 6.31. The molecule has 9 heteroatoms. The number of benzene rings is 1. The van der Waals surface area contributed by atoms with Crippen molar-refractivity contribution >= 4 is 35.0 Å². The van der Waals surface area contributed by atoms with Crippen LogP contribution in [0, 0.1) is 5.92 Å². The summed E-state index contributed by atoms with van der Waals surface area (Å²) in [5.41, 5.74) is 0.423. The van der Waals surface area contributed by atoms with Crippen LogP contribution in [0.4, 0.5) is 5.69 Å². The summed E-state index contributed by atoms with van der Waals surface area (Å²) in [7, 11) is 3.02. The topological polar surface area (TPSA) is 92.1 Å². The summed E-state index contributed by atoms with van der Waals surface area (Å²) >= 11 is 5.96. The molecule has 1 saturated heterocycles. The van der Waals surface area contributed by atoms with Gasteiger partial charge in [0.2, 0.25) is 17.7 Å². The van der Waals surface area contributed by atoms with E-state index in [2.05, 4.69) is 5.32 Å². The quantitative estimate of drug-likeness (QED) is 0.743. The summed E-state index contributed by atoms with van der Waals surface area (Å²) in [5.74, 6) is -0.120. The molecule has 3 amide bonds. The van der Waals surface area contributed by atoms with Gasteiger partial charge in [-0.1, -0.05) is 11.6 Å². The minimum Gasteiger partial charge on any atom is -0.495 e. The molecule has 1 aliphatic heterocycles. The number of amides is 3. The highest BCUT2D eigenvalue weighted by Crippen LogP contribution is 2.27. The van der Waals surface area contributed by atoms with Crippen LogP contribution in [0.1, 0.15) is 12.2 Å². The third kappa shape index (κ3) is 5.08. The standard InChI is InChI=1S/C20H22ClN3O5/c1-23(12-18(25)22-16-9-14(21)5-6-17(16)28-2)20(27)13-8-19(26)24(10-13)11-15-4-3-7-29-15/h3-7,9,13H,8,10-12H2,1-2H3,(H,22,25). The van der Waals surface area contributed by atoms with Crippen LogP contribution in [0.2, 0.25) is 5.02 Å². The predicted octanol–water partition coefficient (Wildman–Crippen LogP) is 2.39. The molecule has 1 aliphatic rings. The smallest absolute Gasteiger partial charge is 0.244 e. The Balaban J connectivity index is 1.55. The average Bonchev–Trinajstić information content (AvgIpc) is 3.31. The number of carbonyl (C=O) groups excluding carboxylic acids is 3. The predicted molar refractivity (Wildman–Crippen MR) is 107 cm³/mol. The van der Waals surface area contributed by atoms with Crippen LogP contribution in [0.15, 0.2) is 41.0 Å². The first kappa shape index (κ1) is 20.7. The largest absolute Gasteiger partial charge is 0.495 e. The van der Waals surface area contributed by atoms with Gasteiger partial charge in [0.05, 0.1) is 38.1 Å². The Morgan fingerprint density at radius 2 is 2.17 bits per heavy atom. The number of likely N-dealkylation sites (N-methyl/N-ethyl adjacent to an activating group) is 1. The van der Waals surface area contributed by atoms with E-state index in [1.165, 1.54) is 19.1 Å². The minimum atomic E-state index is -0.490. The van der Waals surface area contributed by atoms with Crippen LogP contribution in [-0.4, -0.2) is 54.8 Å². The van der Waals surface area contributed by atoms with E-state index in [0.717, 1.165) is 0 Å². The fraction of sp³-hybridized carbons (Fsp3) is 0.350. The van der Waals surface area contributed by atoms with Gasteiger partial charge in [-0.3, -0.25) is 14.4 Å². The number of carbonyl (C=O) groups is 3. The Labute approximate surface area is 173 Å². The fourth-order valence-corrected chi connectivity index (χ4v) is 3.43. The highest BCUT2D eigenvalue weighted by atomic mass is 35.5. The number of methoxy groups -OCH3 is 1. The summed E-state index contributed by atoms with van der Waals surface area (Å²) in [4.78, 5) is 40.2. The Hall–Kier alpha value is -3.00. The molecular weight excluding hydrogens is 398 g/mol. The van der Waals surface area contributed by atoms with Crippen molar-refractivity contribution in [3.05, 3.63) is 47.4 Å². The summed E-state index contributed by atoms with van der Waals surface area (Å²) in [6, 6.07) is 8.40. The van der Waals surface area contributed by atoms with E-state index in [9.17, 15) is 14.4 Å². The molecule has 29 heavy (non-hydrogen) atoms. The van der Waals surface area contributed by atoms with Crippen molar-refractivity contribution in [2.75, 3.05) is 32.6 Å². The molecule has 2 aromatic rings. The van der Waals surface area contributed by atoms with Gasteiger partial charge < -0.3 is 24.3 Å². The molecule has 1 N–H and O–H groups in total. The van der Waals surface area contributed by atoms with Crippen molar-refractivity contribution in [1.82, 2.24) is 9.80 Å². The second kappa shape index (κ2) is 9.00. The summed E-state index contributed by atoms with van der Waals surface area (Å²) in [5, 5.41) is 3.14. The van der Waals surface area contributed by atoms with E-state index in [1.54, 1.807) is 41.5 Å². The Morgan fingerprint density at radius 3 is 2.86 bits per heavy atom. The van der Waals surface area contributed by atoms with Crippen molar-refractivity contribution in [2.24, 2.45) is 5.92 Å². The van der Waals surface area contributed by atoms with Crippen LogP contribution >= 0.6 is 11.6 Å². The number of nitrogens with one attached hydrogen (secondary N) is 1. The molecule has 154 valence electrons. The molecule has 0 radical (unpaired) electrons. The van der Waals surface area contributed by atoms with Crippen molar-refractivity contribution in [1.29, 1.82) is 0 Å². The average molecular weight is 420 g/mol. The second-order valence-corrected chi connectivity index (χ2v) is 7.28. The minimum absolute atomic E-state index is 0.110. The van der Waals surface area contributed by atoms with Gasteiger partial charge in [-0.05, 0) is 30.3 Å². The third-order valence-electron chi connectivity index (χ3n) is 4.68. The van der Waals surface area contributed by atoms with Crippen LogP contribution < -0.4 is 10.1 Å². The molecule has 8 nitrogen and oxygen atoms in total. The molecule has 0 spiro atoms. The maximum Gasteiger partial charge on any atom is 0.244 e. The van der Waals surface area contributed by atoms with Gasteiger partial charge in [-0.25, -0.2) is 0 Å². The Kier molecular flexibility index (Phi) is 6.43. The highest BCUT2D eigenvalue weighted by Gasteiger charge is 2.36. The first-order chi connectivity index (χ1) is 13.9. The number of halogens is 1. The lowest BCUT2D eigenvalue weighted by atomic mass is 10.1. The third-order valence-corrected chi connectivity index (χ3v) is 4.92. The van der Waals surface area contributed by atoms with E-state index < -0.39 is 11.8 Å². The lowest BCUT2D eigenvalue weighted by Gasteiger charge is -2.21. The van der Waals surface area contributed by atoms with Crippen molar-refractivity contribution in [3.63, 3.8) is 0 Å². The molecule has 0 saturated carbocycles.